The summed E-state index contributed by atoms with van der Waals surface area (Å²) in [5, 5.41) is 0. The van der Waals surface area contributed by atoms with Crippen molar-refractivity contribution in [2.24, 2.45) is 0 Å². The second-order valence-corrected chi connectivity index (χ2v) is 6.65. The molecule has 0 saturated carbocycles. The van der Waals surface area contributed by atoms with Gasteiger partial charge in [-0.05, 0) is 53.4 Å². The standard InChI is InChI=1S/C17H30O4/c1-6-7-8-9-10-11-14-15(12-13(2)19-14)20-16(18)21-17(3,4)5/h7-8,13-15H,6,9-12H2,1-5H3/t13-,14-,15-/m0/s1. The van der Waals surface area contributed by atoms with Crippen molar-refractivity contribution in [2.75, 3.05) is 0 Å². The van der Waals surface area contributed by atoms with Crippen molar-refractivity contribution in [3.63, 3.8) is 0 Å². The summed E-state index contributed by atoms with van der Waals surface area (Å²) in [6.45, 7) is 9.64. The Morgan fingerprint density at radius 3 is 2.67 bits per heavy atom. The molecule has 0 spiro atoms. The first-order chi connectivity index (χ1) is 9.81. The first kappa shape index (κ1) is 18.0. The highest BCUT2D eigenvalue weighted by Crippen LogP contribution is 2.27. The Kier molecular flexibility index (Phi) is 7.23. The van der Waals surface area contributed by atoms with Crippen LogP contribution in [0.2, 0.25) is 0 Å². The summed E-state index contributed by atoms with van der Waals surface area (Å²) in [6, 6.07) is 0. The highest BCUT2D eigenvalue weighted by molar-refractivity contribution is 5.60. The third-order valence-corrected chi connectivity index (χ3v) is 3.28. The van der Waals surface area contributed by atoms with E-state index in [4.69, 9.17) is 14.2 Å². The van der Waals surface area contributed by atoms with Gasteiger partial charge in [0.05, 0.1) is 12.2 Å². The van der Waals surface area contributed by atoms with E-state index in [1.807, 2.05) is 27.7 Å². The molecule has 4 heteroatoms. The zero-order chi connectivity index (χ0) is 15.9. The van der Waals surface area contributed by atoms with Gasteiger partial charge in [-0.3, -0.25) is 0 Å². The molecule has 0 bridgehead atoms. The van der Waals surface area contributed by atoms with Gasteiger partial charge in [0.2, 0.25) is 0 Å². The molecule has 4 nitrogen and oxygen atoms in total. The second kappa shape index (κ2) is 8.42. The quantitative estimate of drug-likeness (QED) is 0.408. The topological polar surface area (TPSA) is 44.8 Å². The number of unbranched alkanes of at least 4 members (excludes halogenated alkanes) is 1. The van der Waals surface area contributed by atoms with Gasteiger partial charge >= 0.3 is 6.16 Å². The lowest BCUT2D eigenvalue weighted by Gasteiger charge is -2.23. The summed E-state index contributed by atoms with van der Waals surface area (Å²) in [5.41, 5.74) is -0.525. The molecule has 1 saturated heterocycles. The van der Waals surface area contributed by atoms with Crippen LogP contribution in [0.4, 0.5) is 4.79 Å². The molecule has 122 valence electrons. The monoisotopic (exact) mass is 298 g/mol. The Labute approximate surface area is 128 Å². The van der Waals surface area contributed by atoms with Crippen molar-refractivity contribution in [3.05, 3.63) is 12.2 Å². The minimum absolute atomic E-state index is 0.0115. The van der Waals surface area contributed by atoms with Crippen LogP contribution in [-0.4, -0.2) is 30.1 Å². The van der Waals surface area contributed by atoms with E-state index < -0.39 is 11.8 Å². The highest BCUT2D eigenvalue weighted by Gasteiger charge is 2.36. The van der Waals surface area contributed by atoms with Gasteiger partial charge in [-0.1, -0.05) is 19.1 Å². The summed E-state index contributed by atoms with van der Waals surface area (Å²) in [4.78, 5) is 11.8. The van der Waals surface area contributed by atoms with Crippen molar-refractivity contribution < 1.29 is 19.0 Å². The van der Waals surface area contributed by atoms with Crippen molar-refractivity contribution in [1.29, 1.82) is 0 Å². The molecule has 0 N–H and O–H groups in total. The van der Waals surface area contributed by atoms with Gasteiger partial charge in [0.15, 0.2) is 0 Å². The number of carbonyl (C=O) groups excluding carboxylic acids is 1. The predicted octanol–water partition coefficient (Wildman–Crippen LogP) is 4.62. The Hall–Kier alpha value is -1.03. The molecule has 1 heterocycles. The zero-order valence-corrected chi connectivity index (χ0v) is 14.1. The first-order valence-electron chi connectivity index (χ1n) is 8.02. The molecule has 0 amide bonds. The fraction of sp³-hybridized carbons (Fsp3) is 0.824. The summed E-state index contributed by atoms with van der Waals surface area (Å²) in [5.74, 6) is 0. The van der Waals surface area contributed by atoms with E-state index in [1.165, 1.54) is 0 Å². The third kappa shape index (κ3) is 7.51. The lowest BCUT2D eigenvalue weighted by molar-refractivity contribution is -0.0490. The molecule has 1 rings (SSSR count). The van der Waals surface area contributed by atoms with E-state index in [2.05, 4.69) is 19.1 Å². The van der Waals surface area contributed by atoms with Crippen LogP contribution in [0.25, 0.3) is 0 Å². The van der Waals surface area contributed by atoms with Crippen molar-refractivity contribution in [2.45, 2.75) is 90.6 Å². The van der Waals surface area contributed by atoms with Gasteiger partial charge in [-0.2, -0.15) is 0 Å². The van der Waals surface area contributed by atoms with Gasteiger partial charge in [0.1, 0.15) is 11.7 Å². The molecule has 1 aliphatic rings. The van der Waals surface area contributed by atoms with Crippen molar-refractivity contribution >= 4 is 6.16 Å². The Morgan fingerprint density at radius 2 is 2.05 bits per heavy atom. The Bertz CT molecular complexity index is 343. The van der Waals surface area contributed by atoms with Crippen LogP contribution in [0, 0.1) is 0 Å². The molecule has 0 radical (unpaired) electrons. The van der Waals surface area contributed by atoms with E-state index in [0.29, 0.717) is 0 Å². The maximum atomic E-state index is 11.8. The molecule has 0 aromatic rings. The van der Waals surface area contributed by atoms with Crippen LogP contribution in [-0.2, 0) is 14.2 Å². The lowest BCUT2D eigenvalue weighted by Crippen LogP contribution is -2.31. The Morgan fingerprint density at radius 1 is 1.33 bits per heavy atom. The van der Waals surface area contributed by atoms with Crippen LogP contribution < -0.4 is 0 Å². The molecule has 0 unspecified atom stereocenters. The highest BCUT2D eigenvalue weighted by atomic mass is 16.7. The van der Waals surface area contributed by atoms with E-state index in [0.717, 1.165) is 32.1 Å². The van der Waals surface area contributed by atoms with Gasteiger partial charge in [-0.25, -0.2) is 4.79 Å². The van der Waals surface area contributed by atoms with Crippen molar-refractivity contribution in [1.82, 2.24) is 0 Å². The smallest absolute Gasteiger partial charge is 0.429 e. The van der Waals surface area contributed by atoms with Crippen LogP contribution in [0.5, 0.6) is 0 Å². The van der Waals surface area contributed by atoms with Gasteiger partial charge in [-0.15, -0.1) is 0 Å². The minimum atomic E-state index is -0.596. The number of ether oxygens (including phenoxy) is 3. The number of hydrogen-bond acceptors (Lipinski definition) is 4. The molecule has 0 aliphatic carbocycles. The Balaban J connectivity index is 2.40. The molecule has 1 fully saturated rings. The summed E-state index contributed by atoms with van der Waals surface area (Å²) in [6.07, 6.45) is 8.52. The normalized spacial score (nSPS) is 26.2. The van der Waals surface area contributed by atoms with Gasteiger partial charge in [0, 0.05) is 6.42 Å². The molecular weight excluding hydrogens is 268 g/mol. The molecule has 0 aromatic carbocycles. The largest absolute Gasteiger partial charge is 0.509 e. The minimum Gasteiger partial charge on any atom is -0.429 e. The zero-order valence-electron chi connectivity index (χ0n) is 14.1. The second-order valence-electron chi connectivity index (χ2n) is 6.65. The van der Waals surface area contributed by atoms with E-state index in [9.17, 15) is 4.79 Å². The predicted molar refractivity (Wildman–Crippen MR) is 83.3 cm³/mol. The summed E-state index contributed by atoms with van der Waals surface area (Å²) >= 11 is 0. The molecule has 1 aliphatic heterocycles. The first-order valence-corrected chi connectivity index (χ1v) is 8.02. The number of rotatable bonds is 6. The fourth-order valence-corrected chi connectivity index (χ4v) is 2.42. The average Bonchev–Trinajstić information content (AvgIpc) is 2.66. The molecule has 0 aromatic heterocycles. The average molecular weight is 298 g/mol. The lowest BCUT2D eigenvalue weighted by atomic mass is 10.1. The van der Waals surface area contributed by atoms with Crippen LogP contribution >= 0.6 is 0 Å². The SMILES string of the molecule is CCC=CCCC[C@@H]1O[C@@H](C)C[C@@H]1OC(=O)OC(C)(C)C. The molecular formula is C17H30O4. The van der Waals surface area contributed by atoms with Crippen LogP contribution in [0.1, 0.15) is 66.7 Å². The van der Waals surface area contributed by atoms with Crippen molar-refractivity contribution in [3.8, 4) is 0 Å². The summed E-state index contributed by atoms with van der Waals surface area (Å²) < 4.78 is 16.5. The summed E-state index contributed by atoms with van der Waals surface area (Å²) in [7, 11) is 0. The van der Waals surface area contributed by atoms with E-state index >= 15 is 0 Å². The van der Waals surface area contributed by atoms with Gasteiger partial charge in [0.25, 0.3) is 0 Å². The molecule has 3 atom stereocenters. The maximum absolute atomic E-state index is 11.8. The van der Waals surface area contributed by atoms with Crippen LogP contribution in [0.15, 0.2) is 12.2 Å². The van der Waals surface area contributed by atoms with Gasteiger partial charge < -0.3 is 14.2 Å². The molecule has 21 heavy (non-hydrogen) atoms. The van der Waals surface area contributed by atoms with E-state index in [1.54, 1.807) is 0 Å². The maximum Gasteiger partial charge on any atom is 0.509 e. The fourth-order valence-electron chi connectivity index (χ4n) is 2.42. The number of allylic oxidation sites excluding steroid dienone is 2. The van der Waals surface area contributed by atoms with Crippen LogP contribution in [0.3, 0.4) is 0 Å². The van der Waals surface area contributed by atoms with E-state index in [-0.39, 0.29) is 18.3 Å². The number of hydrogen-bond donors (Lipinski definition) is 0. The third-order valence-electron chi connectivity index (χ3n) is 3.28. The number of carbonyl (C=O) groups is 1.